The Morgan fingerprint density at radius 2 is 1.31 bits per heavy atom. The van der Waals surface area contributed by atoms with Crippen molar-refractivity contribution in [3.63, 3.8) is 0 Å². The van der Waals surface area contributed by atoms with Crippen LogP contribution >= 0.6 is 0 Å². The third kappa shape index (κ3) is 8.67. The first-order chi connectivity index (χ1) is 30.3. The fourth-order valence-corrected chi connectivity index (χ4v) is 10.6. The Hall–Kier alpha value is -5.38. The number of hydrogen-bond donors (Lipinski definition) is 5. The molecule has 15 nitrogen and oxygen atoms in total. The minimum absolute atomic E-state index is 0.0153. The SMILES string of the molecule is COC(=O)N[C@H](C(=O)N1CCC[C@H]1c1ncc(-c2ccc3cc(-c4cnc5nc([C@@H]6CCCN6C(=O)[C@@H](NC(O)OC)C6CCCCC6)[nH]c5c4)ccc3c2)[nH]1)C1CCCCC1. The highest BCUT2D eigenvalue weighted by Crippen LogP contribution is 2.38. The number of ether oxygens (including phenoxy) is 2. The number of hydrogen-bond acceptors (Lipinski definition) is 10. The number of aromatic amines is 2. The molecule has 4 fully saturated rings. The van der Waals surface area contributed by atoms with E-state index in [-0.39, 0.29) is 35.7 Å². The van der Waals surface area contributed by atoms with E-state index in [1.165, 1.54) is 20.6 Å². The molecule has 2 aromatic carbocycles. The number of alkyl carbamates (subject to hydrolysis) is 1. The summed E-state index contributed by atoms with van der Waals surface area (Å²) in [6, 6.07) is 13.3. The second-order valence-corrected chi connectivity index (χ2v) is 17.7. The van der Waals surface area contributed by atoms with Gasteiger partial charge in [-0.15, -0.1) is 0 Å². The first kappa shape index (κ1) is 41.9. The van der Waals surface area contributed by atoms with Crippen LogP contribution in [0.1, 0.15) is 114 Å². The summed E-state index contributed by atoms with van der Waals surface area (Å²) >= 11 is 0. The van der Waals surface area contributed by atoms with Gasteiger partial charge in [0.1, 0.15) is 17.7 Å². The van der Waals surface area contributed by atoms with Crippen molar-refractivity contribution >= 4 is 39.8 Å². The van der Waals surface area contributed by atoms with Crippen molar-refractivity contribution in [1.82, 2.24) is 45.4 Å². The van der Waals surface area contributed by atoms with Crippen molar-refractivity contribution in [2.45, 2.75) is 120 Å². The zero-order valence-electron chi connectivity index (χ0n) is 35.8. The van der Waals surface area contributed by atoms with Crippen LogP contribution < -0.4 is 10.6 Å². The fourth-order valence-electron chi connectivity index (χ4n) is 10.6. The number of amides is 3. The largest absolute Gasteiger partial charge is 0.453 e. The lowest BCUT2D eigenvalue weighted by atomic mass is 9.83. The predicted molar refractivity (Wildman–Crippen MR) is 234 cm³/mol. The summed E-state index contributed by atoms with van der Waals surface area (Å²) in [5, 5.41) is 18.4. The van der Waals surface area contributed by atoms with Crippen LogP contribution in [-0.4, -0.2) is 104 Å². The van der Waals surface area contributed by atoms with E-state index in [4.69, 9.17) is 24.4 Å². The van der Waals surface area contributed by atoms with Gasteiger partial charge in [-0.3, -0.25) is 14.9 Å². The monoisotopic (exact) mass is 845 g/mol. The summed E-state index contributed by atoms with van der Waals surface area (Å²) in [6.45, 7) is 1.25. The number of benzene rings is 2. The molecule has 9 rings (SSSR count). The Morgan fingerprint density at radius 3 is 1.97 bits per heavy atom. The summed E-state index contributed by atoms with van der Waals surface area (Å²) in [7, 11) is 2.76. The Morgan fingerprint density at radius 1 is 0.694 bits per heavy atom. The molecule has 2 saturated carbocycles. The van der Waals surface area contributed by atoms with Crippen LogP contribution in [0.15, 0.2) is 54.9 Å². The van der Waals surface area contributed by atoms with Crippen LogP contribution in [0.4, 0.5) is 4.79 Å². The number of H-pyrrole nitrogens is 2. The molecular weight excluding hydrogens is 787 g/mol. The minimum atomic E-state index is -1.21. The average Bonchev–Trinajstić information content (AvgIpc) is 4.16. The number of carbonyl (C=O) groups excluding carboxylic acids is 3. The normalized spacial score (nSPS) is 21.7. The maximum absolute atomic E-state index is 14.1. The quantitative estimate of drug-likeness (QED) is 0.0799. The van der Waals surface area contributed by atoms with Gasteiger partial charge in [0.2, 0.25) is 18.2 Å². The molecule has 0 bridgehead atoms. The summed E-state index contributed by atoms with van der Waals surface area (Å²) in [6.07, 6.45) is 15.6. The highest BCUT2D eigenvalue weighted by molar-refractivity contribution is 5.91. The summed E-state index contributed by atoms with van der Waals surface area (Å²) in [5.74, 6) is 1.64. The highest BCUT2D eigenvalue weighted by atomic mass is 16.6. The maximum atomic E-state index is 14.1. The summed E-state index contributed by atoms with van der Waals surface area (Å²) in [4.78, 5) is 65.8. The third-order valence-electron chi connectivity index (χ3n) is 13.9. The standard InChI is InChI=1S/C47H59N9O6/c1-61-46(59)52-39(28-11-5-3-6-12-28)44(57)55-21-9-15-37(55)42-49-27-36(51-42)33-20-19-30-23-32(18-17-31(30)24-33)34-25-35-41(48-26-34)54-43(50-35)38-16-10-22-56(38)45(58)40(53-47(60)62-2)29-13-7-4-8-14-29/h17-20,23-29,37-40,47,53,60H,3-16,21-22H2,1-2H3,(H,49,51)(H,52,59)(H,48,50,54)/t37-,38-,39-,40-,47?/m0/s1. The van der Waals surface area contributed by atoms with E-state index in [9.17, 15) is 19.5 Å². The fraction of sp³-hybridized carbons (Fsp3) is 0.532. The zero-order chi connectivity index (χ0) is 42.7. The molecule has 2 aliphatic carbocycles. The molecule has 3 amide bonds. The lowest BCUT2D eigenvalue weighted by molar-refractivity contribution is -0.146. The molecule has 0 radical (unpaired) electrons. The zero-order valence-corrected chi connectivity index (χ0v) is 35.8. The average molecular weight is 846 g/mol. The van der Waals surface area contributed by atoms with Gasteiger partial charge in [0, 0.05) is 37.5 Å². The van der Waals surface area contributed by atoms with Crippen LogP contribution in [0.5, 0.6) is 0 Å². The van der Waals surface area contributed by atoms with Gasteiger partial charge in [0.25, 0.3) is 0 Å². The van der Waals surface area contributed by atoms with E-state index in [0.717, 1.165) is 134 Å². The molecule has 328 valence electrons. The predicted octanol–water partition coefficient (Wildman–Crippen LogP) is 7.26. The molecule has 5 heterocycles. The van der Waals surface area contributed by atoms with Crippen molar-refractivity contribution in [1.29, 1.82) is 0 Å². The smallest absolute Gasteiger partial charge is 0.407 e. The van der Waals surface area contributed by atoms with Crippen LogP contribution in [0.25, 0.3) is 44.3 Å². The number of pyridine rings is 1. The van der Waals surface area contributed by atoms with Gasteiger partial charge in [-0.25, -0.2) is 19.7 Å². The number of methoxy groups -OCH3 is 2. The summed E-state index contributed by atoms with van der Waals surface area (Å²) < 4.78 is 10.0. The molecule has 2 saturated heterocycles. The molecule has 4 aliphatic rings. The van der Waals surface area contributed by atoms with Crippen molar-refractivity contribution in [2.24, 2.45) is 11.8 Å². The van der Waals surface area contributed by atoms with Crippen LogP contribution in [0, 0.1) is 11.8 Å². The lowest BCUT2D eigenvalue weighted by Crippen LogP contribution is -2.54. The minimum Gasteiger partial charge on any atom is -0.453 e. The maximum Gasteiger partial charge on any atom is 0.407 e. The van der Waals surface area contributed by atoms with E-state index in [2.05, 4.69) is 63.1 Å². The number of aromatic nitrogens is 5. The van der Waals surface area contributed by atoms with Crippen molar-refractivity contribution in [2.75, 3.05) is 27.3 Å². The second kappa shape index (κ2) is 18.5. The molecule has 5 N–H and O–H groups in total. The first-order valence-electron chi connectivity index (χ1n) is 22.7. The molecule has 0 spiro atoms. The number of fused-ring (bicyclic) bond motifs is 2. The number of rotatable bonds is 12. The molecule has 5 aromatic rings. The molecule has 2 aliphatic heterocycles. The van der Waals surface area contributed by atoms with Gasteiger partial charge in [-0.1, -0.05) is 62.8 Å². The second-order valence-electron chi connectivity index (χ2n) is 17.7. The van der Waals surface area contributed by atoms with E-state index < -0.39 is 24.6 Å². The van der Waals surface area contributed by atoms with Crippen LogP contribution in [0.3, 0.4) is 0 Å². The highest BCUT2D eigenvalue weighted by Gasteiger charge is 2.41. The molecular formula is C47H59N9O6. The number of nitrogens with zero attached hydrogens (tertiary/aromatic N) is 5. The lowest BCUT2D eigenvalue weighted by Gasteiger charge is -2.35. The number of likely N-dealkylation sites (tertiary alicyclic amines) is 2. The van der Waals surface area contributed by atoms with E-state index in [1.807, 2.05) is 22.2 Å². The van der Waals surface area contributed by atoms with Gasteiger partial charge in [0.15, 0.2) is 5.65 Å². The Labute approximate surface area is 361 Å². The van der Waals surface area contributed by atoms with Crippen LogP contribution in [-0.2, 0) is 19.1 Å². The molecule has 1 unspecified atom stereocenters. The van der Waals surface area contributed by atoms with Gasteiger partial charge in [-0.2, -0.15) is 0 Å². The topological polar surface area (TPSA) is 191 Å². The number of carbonyl (C=O) groups is 3. The molecule has 3 aromatic heterocycles. The number of aliphatic hydroxyl groups is 1. The molecule has 5 atom stereocenters. The van der Waals surface area contributed by atoms with Gasteiger partial charge in [0.05, 0.1) is 42.6 Å². The summed E-state index contributed by atoms with van der Waals surface area (Å²) in [5.41, 5.74) is 5.27. The molecule has 62 heavy (non-hydrogen) atoms. The van der Waals surface area contributed by atoms with Crippen molar-refractivity contribution < 1.29 is 29.0 Å². The first-order valence-corrected chi connectivity index (χ1v) is 22.7. The number of imidazole rings is 2. The Balaban J connectivity index is 0.899. The number of nitrogens with one attached hydrogen (secondary N) is 4. The van der Waals surface area contributed by atoms with E-state index >= 15 is 0 Å². The third-order valence-corrected chi connectivity index (χ3v) is 13.9. The van der Waals surface area contributed by atoms with Crippen molar-refractivity contribution in [3.05, 3.63) is 66.5 Å². The molecule has 15 heteroatoms. The van der Waals surface area contributed by atoms with E-state index in [0.29, 0.717) is 18.7 Å². The van der Waals surface area contributed by atoms with Gasteiger partial charge in [-0.05, 0) is 97.7 Å². The Kier molecular flexibility index (Phi) is 12.5. The Bertz CT molecular complexity index is 2390. The number of aliphatic hydroxyl groups excluding tert-OH is 1. The van der Waals surface area contributed by atoms with Gasteiger partial charge >= 0.3 is 6.09 Å². The van der Waals surface area contributed by atoms with Gasteiger partial charge < -0.3 is 39.7 Å². The van der Waals surface area contributed by atoms with E-state index in [1.54, 1.807) is 0 Å². The van der Waals surface area contributed by atoms with Crippen molar-refractivity contribution in [3.8, 4) is 22.4 Å². The van der Waals surface area contributed by atoms with Crippen LogP contribution in [0.2, 0.25) is 0 Å².